The van der Waals surface area contributed by atoms with Crippen molar-refractivity contribution in [1.29, 1.82) is 0 Å². The molecule has 0 aliphatic heterocycles. The minimum atomic E-state index is -0.367. The molecule has 0 spiro atoms. The van der Waals surface area contributed by atoms with Gasteiger partial charge >= 0.3 is 5.97 Å². The average molecular weight is 293 g/mol. The van der Waals surface area contributed by atoms with Crippen molar-refractivity contribution in [3.63, 3.8) is 0 Å². The molecule has 0 bridgehead atoms. The van der Waals surface area contributed by atoms with Crippen LogP contribution in [0.15, 0.2) is 47.4 Å². The summed E-state index contributed by atoms with van der Waals surface area (Å²) in [6, 6.07) is 12.7. The largest absolute Gasteiger partial charge is 0.457 e. The van der Waals surface area contributed by atoms with Crippen LogP contribution in [0.3, 0.4) is 0 Å². The van der Waals surface area contributed by atoms with E-state index in [2.05, 4.69) is 12.6 Å². The van der Waals surface area contributed by atoms with Gasteiger partial charge in [-0.1, -0.05) is 35.9 Å². The lowest BCUT2D eigenvalue weighted by Crippen LogP contribution is -2.07. The van der Waals surface area contributed by atoms with Crippen LogP contribution >= 0.6 is 24.2 Å². The average Bonchev–Trinajstić information content (AvgIpc) is 2.40. The maximum absolute atomic E-state index is 12.0. The Kier molecular flexibility index (Phi) is 4.51. The molecule has 0 atom stereocenters. The highest BCUT2D eigenvalue weighted by molar-refractivity contribution is 7.80. The van der Waals surface area contributed by atoms with Gasteiger partial charge in [-0.3, -0.25) is 0 Å². The predicted octanol–water partition coefficient (Wildman–Crippen LogP) is 4.29. The normalized spacial score (nSPS) is 10.3. The Morgan fingerprint density at radius 3 is 2.74 bits per heavy atom. The molecule has 0 fully saturated rings. The first-order valence-electron chi connectivity index (χ1n) is 5.78. The first-order chi connectivity index (χ1) is 9.08. The molecule has 98 valence electrons. The summed E-state index contributed by atoms with van der Waals surface area (Å²) >= 11 is 10.2. The van der Waals surface area contributed by atoms with Gasteiger partial charge in [-0.05, 0) is 30.7 Å². The van der Waals surface area contributed by atoms with Gasteiger partial charge in [-0.15, -0.1) is 12.6 Å². The van der Waals surface area contributed by atoms with Crippen LogP contribution in [0.2, 0.25) is 5.02 Å². The van der Waals surface area contributed by atoms with E-state index in [9.17, 15) is 4.79 Å². The van der Waals surface area contributed by atoms with E-state index in [4.69, 9.17) is 16.3 Å². The van der Waals surface area contributed by atoms with Crippen molar-refractivity contribution in [3.8, 4) is 0 Å². The molecule has 2 rings (SSSR count). The van der Waals surface area contributed by atoms with E-state index in [1.807, 2.05) is 37.3 Å². The van der Waals surface area contributed by atoms with E-state index in [-0.39, 0.29) is 12.6 Å². The molecule has 19 heavy (non-hydrogen) atoms. The lowest BCUT2D eigenvalue weighted by Gasteiger charge is -2.08. The van der Waals surface area contributed by atoms with Gasteiger partial charge in [0.15, 0.2) is 0 Å². The van der Waals surface area contributed by atoms with E-state index in [0.717, 1.165) is 16.0 Å². The van der Waals surface area contributed by atoms with Crippen LogP contribution in [0.4, 0.5) is 0 Å². The Bertz CT molecular complexity index is 611. The predicted molar refractivity (Wildman–Crippen MR) is 79.0 cm³/mol. The van der Waals surface area contributed by atoms with Crippen LogP contribution in [-0.2, 0) is 11.3 Å². The SMILES string of the molecule is Cc1ccc(S)cc1C(=O)OCc1ccccc1Cl. The van der Waals surface area contributed by atoms with E-state index >= 15 is 0 Å². The first-order valence-corrected chi connectivity index (χ1v) is 6.60. The van der Waals surface area contributed by atoms with Crippen LogP contribution in [0.1, 0.15) is 21.5 Å². The van der Waals surface area contributed by atoms with Crippen molar-refractivity contribution in [3.05, 3.63) is 64.2 Å². The number of halogens is 1. The number of hydrogen-bond donors (Lipinski definition) is 1. The Hall–Kier alpha value is -1.45. The standard InChI is InChI=1S/C15H13ClO2S/c1-10-6-7-12(19)8-13(10)15(17)18-9-11-4-2-3-5-14(11)16/h2-8,19H,9H2,1H3. The molecular formula is C15H13ClO2S. The number of esters is 1. The van der Waals surface area contributed by atoms with Crippen molar-refractivity contribution < 1.29 is 9.53 Å². The topological polar surface area (TPSA) is 26.3 Å². The lowest BCUT2D eigenvalue weighted by atomic mass is 10.1. The van der Waals surface area contributed by atoms with Gasteiger partial charge in [0.05, 0.1) is 5.56 Å². The number of ether oxygens (including phenoxy) is 1. The number of benzene rings is 2. The maximum atomic E-state index is 12.0. The first kappa shape index (κ1) is 14.0. The Labute approximate surface area is 122 Å². The van der Waals surface area contributed by atoms with Crippen molar-refractivity contribution in [2.24, 2.45) is 0 Å². The molecule has 2 aromatic carbocycles. The molecule has 4 heteroatoms. The molecule has 0 aliphatic carbocycles. The van der Waals surface area contributed by atoms with Crippen LogP contribution in [0, 0.1) is 6.92 Å². The minimum Gasteiger partial charge on any atom is -0.457 e. The van der Waals surface area contributed by atoms with Crippen molar-refractivity contribution in [2.45, 2.75) is 18.4 Å². The van der Waals surface area contributed by atoms with Gasteiger partial charge in [-0.25, -0.2) is 4.79 Å². The quantitative estimate of drug-likeness (QED) is 0.674. The number of thiol groups is 1. The molecule has 0 saturated heterocycles. The second-order valence-electron chi connectivity index (χ2n) is 4.17. The van der Waals surface area contributed by atoms with E-state index in [1.165, 1.54) is 0 Å². The van der Waals surface area contributed by atoms with Crippen molar-refractivity contribution in [2.75, 3.05) is 0 Å². The molecule has 0 aromatic heterocycles. The molecule has 0 heterocycles. The van der Waals surface area contributed by atoms with Gasteiger partial charge in [0.1, 0.15) is 6.61 Å². The third-order valence-electron chi connectivity index (χ3n) is 2.76. The summed E-state index contributed by atoms with van der Waals surface area (Å²) in [4.78, 5) is 12.7. The zero-order valence-electron chi connectivity index (χ0n) is 10.4. The second kappa shape index (κ2) is 6.13. The molecule has 0 amide bonds. The van der Waals surface area contributed by atoms with E-state index < -0.39 is 0 Å². The summed E-state index contributed by atoms with van der Waals surface area (Å²) in [5.74, 6) is -0.367. The van der Waals surface area contributed by atoms with Crippen LogP contribution in [-0.4, -0.2) is 5.97 Å². The molecule has 0 N–H and O–H groups in total. The fourth-order valence-electron chi connectivity index (χ4n) is 1.67. The lowest BCUT2D eigenvalue weighted by molar-refractivity contribution is 0.0471. The zero-order chi connectivity index (χ0) is 13.8. The number of carbonyl (C=O) groups excluding carboxylic acids is 1. The number of rotatable bonds is 3. The van der Waals surface area contributed by atoms with E-state index in [1.54, 1.807) is 12.1 Å². The summed E-state index contributed by atoms with van der Waals surface area (Å²) in [7, 11) is 0. The third kappa shape index (κ3) is 3.52. The van der Waals surface area contributed by atoms with Crippen LogP contribution < -0.4 is 0 Å². The van der Waals surface area contributed by atoms with E-state index in [0.29, 0.717) is 10.6 Å². The van der Waals surface area contributed by atoms with Gasteiger partial charge in [-0.2, -0.15) is 0 Å². The number of aryl methyl sites for hydroxylation is 1. The van der Waals surface area contributed by atoms with Gasteiger partial charge in [0, 0.05) is 15.5 Å². The number of hydrogen-bond acceptors (Lipinski definition) is 3. The minimum absolute atomic E-state index is 0.161. The van der Waals surface area contributed by atoms with Crippen molar-refractivity contribution >= 4 is 30.2 Å². The Morgan fingerprint density at radius 2 is 2.00 bits per heavy atom. The molecular weight excluding hydrogens is 280 g/mol. The molecule has 0 radical (unpaired) electrons. The monoisotopic (exact) mass is 292 g/mol. The summed E-state index contributed by atoms with van der Waals surface area (Å²) in [5, 5.41) is 0.593. The fourth-order valence-corrected chi connectivity index (χ4v) is 2.06. The molecule has 2 aromatic rings. The number of carbonyl (C=O) groups is 1. The van der Waals surface area contributed by atoms with Gasteiger partial charge in [0.2, 0.25) is 0 Å². The molecule has 0 saturated carbocycles. The molecule has 0 unspecified atom stereocenters. The van der Waals surface area contributed by atoms with Crippen LogP contribution in [0.25, 0.3) is 0 Å². The van der Waals surface area contributed by atoms with Crippen LogP contribution in [0.5, 0.6) is 0 Å². The van der Waals surface area contributed by atoms with Gasteiger partial charge < -0.3 is 4.74 Å². The highest BCUT2D eigenvalue weighted by Crippen LogP contribution is 2.18. The highest BCUT2D eigenvalue weighted by atomic mass is 35.5. The highest BCUT2D eigenvalue weighted by Gasteiger charge is 2.11. The Balaban J connectivity index is 2.10. The molecule has 0 aliphatic rings. The summed E-state index contributed by atoms with van der Waals surface area (Å²) in [6.07, 6.45) is 0. The summed E-state index contributed by atoms with van der Waals surface area (Å²) in [5.41, 5.74) is 2.18. The Morgan fingerprint density at radius 1 is 1.26 bits per heavy atom. The smallest absolute Gasteiger partial charge is 0.338 e. The summed E-state index contributed by atoms with van der Waals surface area (Å²) in [6.45, 7) is 2.02. The second-order valence-corrected chi connectivity index (χ2v) is 5.09. The zero-order valence-corrected chi connectivity index (χ0v) is 12.0. The van der Waals surface area contributed by atoms with Crippen molar-refractivity contribution in [1.82, 2.24) is 0 Å². The fraction of sp³-hybridized carbons (Fsp3) is 0.133. The third-order valence-corrected chi connectivity index (χ3v) is 3.40. The van der Waals surface area contributed by atoms with Gasteiger partial charge in [0.25, 0.3) is 0 Å². The maximum Gasteiger partial charge on any atom is 0.338 e. The molecule has 2 nitrogen and oxygen atoms in total. The summed E-state index contributed by atoms with van der Waals surface area (Å²) < 4.78 is 5.27.